The van der Waals surface area contributed by atoms with Gasteiger partial charge in [-0.25, -0.2) is 0 Å². The Balaban J connectivity index is 1.73. The van der Waals surface area contributed by atoms with Crippen LogP contribution in [0.25, 0.3) is 0 Å². The van der Waals surface area contributed by atoms with Crippen molar-refractivity contribution in [2.45, 2.75) is 13.5 Å². The predicted octanol–water partition coefficient (Wildman–Crippen LogP) is 2.31. The van der Waals surface area contributed by atoms with E-state index in [2.05, 4.69) is 10.6 Å². The zero-order chi connectivity index (χ0) is 16.4. The van der Waals surface area contributed by atoms with Crippen molar-refractivity contribution in [1.82, 2.24) is 5.32 Å². The van der Waals surface area contributed by atoms with Gasteiger partial charge in [0.25, 0.3) is 5.91 Å². The van der Waals surface area contributed by atoms with Crippen molar-refractivity contribution < 1.29 is 9.59 Å². The first-order chi connectivity index (χ1) is 11.0. The van der Waals surface area contributed by atoms with Crippen LogP contribution < -0.4 is 15.5 Å². The van der Waals surface area contributed by atoms with Crippen LogP contribution in [0.1, 0.15) is 21.5 Å². The summed E-state index contributed by atoms with van der Waals surface area (Å²) >= 11 is 0. The molecule has 0 saturated carbocycles. The highest BCUT2D eigenvalue weighted by Gasteiger charge is 2.20. The normalized spacial score (nSPS) is 13.3. The topological polar surface area (TPSA) is 61.4 Å². The Kier molecular flexibility index (Phi) is 4.02. The predicted molar refractivity (Wildman–Crippen MR) is 90.7 cm³/mol. The second-order valence-electron chi connectivity index (χ2n) is 5.81. The zero-order valence-electron chi connectivity index (χ0n) is 13.2. The third kappa shape index (κ3) is 3.34. The Hall–Kier alpha value is -2.82. The van der Waals surface area contributed by atoms with Gasteiger partial charge in [0.15, 0.2) is 0 Å². The molecule has 0 fully saturated rings. The average molecular weight is 309 g/mol. The lowest BCUT2D eigenvalue weighted by molar-refractivity contribution is -0.115. The van der Waals surface area contributed by atoms with Gasteiger partial charge in [-0.2, -0.15) is 0 Å². The summed E-state index contributed by atoms with van der Waals surface area (Å²) in [6, 6.07) is 13.4. The summed E-state index contributed by atoms with van der Waals surface area (Å²) in [6.45, 7) is 2.82. The molecule has 0 spiro atoms. The van der Waals surface area contributed by atoms with Crippen LogP contribution in [0.3, 0.4) is 0 Å². The molecule has 2 amide bonds. The molecular weight excluding hydrogens is 290 g/mol. The van der Waals surface area contributed by atoms with Crippen LogP contribution >= 0.6 is 0 Å². The third-order valence-electron chi connectivity index (χ3n) is 3.86. The van der Waals surface area contributed by atoms with E-state index in [1.54, 1.807) is 12.1 Å². The van der Waals surface area contributed by atoms with Crippen LogP contribution in [-0.4, -0.2) is 25.4 Å². The molecule has 1 aliphatic heterocycles. The lowest BCUT2D eigenvalue weighted by Crippen LogP contribution is -2.35. The van der Waals surface area contributed by atoms with Gasteiger partial charge in [-0.3, -0.25) is 9.59 Å². The van der Waals surface area contributed by atoms with Gasteiger partial charge in [0.05, 0.1) is 17.9 Å². The fraction of sp³-hybridized carbons (Fsp3) is 0.222. The molecule has 1 aliphatic rings. The number of fused-ring (bicyclic) bond motifs is 1. The number of carbonyl (C=O) groups excluding carboxylic acids is 2. The standard InChI is InChI=1S/C18H19N3O2/c1-12-4-3-5-13(8-12)10-19-18(23)14-6-7-16-15(9-14)20-17(22)11-21(16)2/h3-9H,10-11H2,1-2H3,(H,19,23)(H,20,22). The zero-order valence-corrected chi connectivity index (χ0v) is 13.2. The average Bonchev–Trinajstić information content (AvgIpc) is 2.52. The van der Waals surface area contributed by atoms with Crippen molar-refractivity contribution in [3.8, 4) is 0 Å². The van der Waals surface area contributed by atoms with Gasteiger partial charge < -0.3 is 15.5 Å². The summed E-state index contributed by atoms with van der Waals surface area (Å²) in [5.74, 6) is -0.228. The fourth-order valence-electron chi connectivity index (χ4n) is 2.71. The van der Waals surface area contributed by atoms with E-state index >= 15 is 0 Å². The van der Waals surface area contributed by atoms with Crippen molar-refractivity contribution in [1.29, 1.82) is 0 Å². The van der Waals surface area contributed by atoms with Gasteiger partial charge >= 0.3 is 0 Å². The lowest BCUT2D eigenvalue weighted by atomic mass is 10.1. The number of nitrogens with one attached hydrogen (secondary N) is 2. The van der Waals surface area contributed by atoms with E-state index in [1.165, 1.54) is 0 Å². The molecule has 0 aromatic heterocycles. The minimum atomic E-state index is -0.156. The molecule has 2 aromatic carbocycles. The molecule has 23 heavy (non-hydrogen) atoms. The van der Waals surface area contributed by atoms with Crippen molar-refractivity contribution in [3.63, 3.8) is 0 Å². The first-order valence-corrected chi connectivity index (χ1v) is 7.52. The van der Waals surface area contributed by atoms with Crippen molar-refractivity contribution in [2.75, 3.05) is 23.8 Å². The molecular formula is C18H19N3O2. The molecule has 0 radical (unpaired) electrons. The van der Waals surface area contributed by atoms with Gasteiger partial charge in [-0.1, -0.05) is 29.8 Å². The van der Waals surface area contributed by atoms with E-state index in [1.807, 2.05) is 49.2 Å². The molecule has 0 aliphatic carbocycles. The highest BCUT2D eigenvalue weighted by molar-refractivity contribution is 6.03. The molecule has 0 saturated heterocycles. The van der Waals surface area contributed by atoms with Gasteiger partial charge in [-0.05, 0) is 30.7 Å². The molecule has 0 unspecified atom stereocenters. The van der Waals surface area contributed by atoms with Gasteiger partial charge in [-0.15, -0.1) is 0 Å². The minimum absolute atomic E-state index is 0.0719. The first-order valence-electron chi connectivity index (χ1n) is 7.52. The lowest BCUT2D eigenvalue weighted by Gasteiger charge is -2.27. The number of hydrogen-bond acceptors (Lipinski definition) is 3. The number of amides is 2. The number of aryl methyl sites for hydroxylation is 1. The molecule has 1 heterocycles. The molecule has 118 valence electrons. The number of rotatable bonds is 3. The van der Waals surface area contributed by atoms with Crippen molar-refractivity contribution >= 4 is 23.2 Å². The van der Waals surface area contributed by atoms with Crippen LogP contribution in [0.5, 0.6) is 0 Å². The largest absolute Gasteiger partial charge is 0.364 e. The summed E-state index contributed by atoms with van der Waals surface area (Å²) in [7, 11) is 1.86. The summed E-state index contributed by atoms with van der Waals surface area (Å²) < 4.78 is 0. The smallest absolute Gasteiger partial charge is 0.251 e. The minimum Gasteiger partial charge on any atom is -0.364 e. The SMILES string of the molecule is Cc1cccc(CNC(=O)c2ccc3c(c2)NC(=O)CN3C)c1. The van der Waals surface area contributed by atoms with Gasteiger partial charge in [0, 0.05) is 19.2 Å². The molecule has 0 atom stereocenters. The Bertz CT molecular complexity index is 771. The molecule has 0 bridgehead atoms. The number of hydrogen-bond donors (Lipinski definition) is 2. The maximum atomic E-state index is 12.3. The van der Waals surface area contributed by atoms with E-state index in [9.17, 15) is 9.59 Å². The molecule has 5 nitrogen and oxygen atoms in total. The Morgan fingerprint density at radius 1 is 1.26 bits per heavy atom. The maximum Gasteiger partial charge on any atom is 0.251 e. The second kappa shape index (κ2) is 6.12. The molecule has 3 rings (SSSR count). The fourth-order valence-corrected chi connectivity index (χ4v) is 2.71. The Morgan fingerprint density at radius 2 is 2.09 bits per heavy atom. The highest BCUT2D eigenvalue weighted by Crippen LogP contribution is 2.29. The number of carbonyl (C=O) groups is 2. The third-order valence-corrected chi connectivity index (χ3v) is 3.86. The van der Waals surface area contributed by atoms with E-state index < -0.39 is 0 Å². The first kappa shape index (κ1) is 15.1. The Labute approximate surface area is 135 Å². The molecule has 2 N–H and O–H groups in total. The van der Waals surface area contributed by atoms with Crippen LogP contribution in [0.15, 0.2) is 42.5 Å². The van der Waals surface area contributed by atoms with Crippen LogP contribution in [0.2, 0.25) is 0 Å². The summed E-state index contributed by atoms with van der Waals surface area (Å²) in [6.07, 6.45) is 0. The maximum absolute atomic E-state index is 12.3. The quantitative estimate of drug-likeness (QED) is 0.914. The molecule has 5 heteroatoms. The highest BCUT2D eigenvalue weighted by atomic mass is 16.2. The number of benzene rings is 2. The van der Waals surface area contributed by atoms with Crippen LogP contribution in [0, 0.1) is 6.92 Å². The van der Waals surface area contributed by atoms with Crippen molar-refractivity contribution in [2.24, 2.45) is 0 Å². The van der Waals surface area contributed by atoms with E-state index in [-0.39, 0.29) is 11.8 Å². The summed E-state index contributed by atoms with van der Waals surface area (Å²) in [4.78, 5) is 25.8. The van der Waals surface area contributed by atoms with Crippen LogP contribution in [-0.2, 0) is 11.3 Å². The number of likely N-dealkylation sites (N-methyl/N-ethyl adjacent to an activating group) is 1. The summed E-state index contributed by atoms with van der Waals surface area (Å²) in [5.41, 5.74) is 4.35. The van der Waals surface area contributed by atoms with Crippen LogP contribution in [0.4, 0.5) is 11.4 Å². The van der Waals surface area contributed by atoms with Gasteiger partial charge in [0.1, 0.15) is 0 Å². The van der Waals surface area contributed by atoms with E-state index in [0.717, 1.165) is 16.8 Å². The molecule has 2 aromatic rings. The second-order valence-corrected chi connectivity index (χ2v) is 5.81. The summed E-state index contributed by atoms with van der Waals surface area (Å²) in [5, 5.41) is 5.71. The van der Waals surface area contributed by atoms with E-state index in [0.29, 0.717) is 24.3 Å². The Morgan fingerprint density at radius 3 is 2.87 bits per heavy atom. The van der Waals surface area contributed by atoms with E-state index in [4.69, 9.17) is 0 Å². The van der Waals surface area contributed by atoms with Gasteiger partial charge in [0.2, 0.25) is 5.91 Å². The number of nitrogens with zero attached hydrogens (tertiary/aromatic N) is 1. The number of anilines is 2. The van der Waals surface area contributed by atoms with Crippen molar-refractivity contribution in [3.05, 3.63) is 59.2 Å². The monoisotopic (exact) mass is 309 g/mol.